The Labute approximate surface area is 189 Å². The lowest BCUT2D eigenvalue weighted by Crippen LogP contribution is -2.37. The number of cyclic esters (lactones) is 1. The number of anilines is 2. The van der Waals surface area contributed by atoms with Gasteiger partial charge in [0.25, 0.3) is 10.1 Å². The number of ether oxygens (including phenoxy) is 2. The van der Waals surface area contributed by atoms with Gasteiger partial charge in [0.15, 0.2) is 0 Å². The van der Waals surface area contributed by atoms with Crippen molar-refractivity contribution in [3.8, 4) is 0 Å². The van der Waals surface area contributed by atoms with Crippen molar-refractivity contribution in [3.05, 3.63) is 53.3 Å². The third-order valence-corrected chi connectivity index (χ3v) is 8.19. The quantitative estimate of drug-likeness (QED) is 0.476. The molecule has 3 aliphatic heterocycles. The van der Waals surface area contributed by atoms with Crippen molar-refractivity contribution in [1.29, 1.82) is 0 Å². The lowest BCUT2D eigenvalue weighted by Gasteiger charge is -2.28. The van der Waals surface area contributed by atoms with E-state index in [9.17, 15) is 17.6 Å². The van der Waals surface area contributed by atoms with E-state index in [4.69, 9.17) is 9.47 Å². The molecule has 0 N–H and O–H groups in total. The van der Waals surface area contributed by atoms with Gasteiger partial charge < -0.3 is 14.4 Å². The topological polar surface area (TPSA) is 85.4 Å². The van der Waals surface area contributed by atoms with Gasteiger partial charge in [-0.05, 0) is 31.2 Å². The first-order valence-electron chi connectivity index (χ1n) is 10.0. The summed E-state index contributed by atoms with van der Waals surface area (Å²) in [6.45, 7) is 3.00. The number of aryl methyl sites for hydroxylation is 1. The normalized spacial score (nSPS) is 25.0. The number of fused-ring (bicyclic) bond motifs is 1. The molecule has 5 rings (SSSR count). The fraction of sp³-hybridized carbons (Fsp3) is 0.381. The molecule has 2 aromatic rings. The maximum Gasteiger partial charge on any atom is 0.415 e. The number of nitrogens with zero attached hydrogens (tertiary/aromatic N) is 2. The van der Waals surface area contributed by atoms with Crippen LogP contribution in [0.25, 0.3) is 0 Å². The van der Waals surface area contributed by atoms with Crippen LogP contribution in [0.1, 0.15) is 17.2 Å². The lowest BCUT2D eigenvalue weighted by atomic mass is 10.1. The Morgan fingerprint density at radius 3 is 2.78 bits per heavy atom. The maximum atomic E-state index is 15.0. The van der Waals surface area contributed by atoms with E-state index in [2.05, 4.69) is 4.18 Å². The number of carbonyl (C=O) groups is 1. The highest BCUT2D eigenvalue weighted by molar-refractivity contribution is 8.07. The van der Waals surface area contributed by atoms with Crippen molar-refractivity contribution in [2.24, 2.45) is 0 Å². The van der Waals surface area contributed by atoms with Gasteiger partial charge in [0.2, 0.25) is 0 Å². The number of halogens is 1. The van der Waals surface area contributed by atoms with Crippen molar-refractivity contribution in [1.82, 2.24) is 0 Å². The SMILES string of the molecule is COS(=O)(=O)c1ccc(C)cc1C1CN(c2ccc(N3CCO[C@@H]4SC43)c(F)c2)C(=O)O1. The number of carbonyl (C=O) groups excluding carboxylic acids is 1. The van der Waals surface area contributed by atoms with E-state index in [0.29, 0.717) is 30.1 Å². The van der Waals surface area contributed by atoms with Crippen LogP contribution in [0.5, 0.6) is 0 Å². The van der Waals surface area contributed by atoms with Crippen LogP contribution in [0.4, 0.5) is 20.6 Å². The van der Waals surface area contributed by atoms with Crippen LogP contribution in [0.3, 0.4) is 0 Å². The van der Waals surface area contributed by atoms with Crippen molar-refractivity contribution in [2.75, 3.05) is 36.6 Å². The highest BCUT2D eigenvalue weighted by atomic mass is 32.2. The Morgan fingerprint density at radius 1 is 1.22 bits per heavy atom. The van der Waals surface area contributed by atoms with Crippen molar-refractivity contribution < 1.29 is 31.3 Å². The van der Waals surface area contributed by atoms with Gasteiger partial charge in [-0.15, -0.1) is 0 Å². The van der Waals surface area contributed by atoms with Gasteiger partial charge in [-0.3, -0.25) is 9.08 Å². The number of amides is 1. The molecular formula is C21H21FN2O6S2. The molecule has 0 bridgehead atoms. The number of rotatable bonds is 5. The summed E-state index contributed by atoms with van der Waals surface area (Å²) < 4.78 is 55.3. The van der Waals surface area contributed by atoms with E-state index >= 15 is 0 Å². The molecule has 0 aromatic heterocycles. The highest BCUT2D eigenvalue weighted by Crippen LogP contribution is 2.49. The summed E-state index contributed by atoms with van der Waals surface area (Å²) in [6, 6.07) is 9.35. The van der Waals surface area contributed by atoms with Crippen LogP contribution in [0.15, 0.2) is 41.3 Å². The molecular weight excluding hydrogens is 459 g/mol. The average Bonchev–Trinajstić information content (AvgIpc) is 3.47. The molecule has 0 saturated carbocycles. The molecule has 32 heavy (non-hydrogen) atoms. The molecule has 3 heterocycles. The van der Waals surface area contributed by atoms with Gasteiger partial charge in [-0.2, -0.15) is 8.42 Å². The minimum Gasteiger partial charge on any atom is -0.439 e. The summed E-state index contributed by atoms with van der Waals surface area (Å²) in [4.78, 5) is 15.8. The van der Waals surface area contributed by atoms with Gasteiger partial charge in [-0.1, -0.05) is 29.5 Å². The van der Waals surface area contributed by atoms with Crippen LogP contribution < -0.4 is 9.80 Å². The molecule has 2 unspecified atom stereocenters. The zero-order valence-electron chi connectivity index (χ0n) is 17.4. The van der Waals surface area contributed by atoms with E-state index in [0.717, 1.165) is 12.7 Å². The largest absolute Gasteiger partial charge is 0.439 e. The fourth-order valence-electron chi connectivity index (χ4n) is 4.06. The zero-order chi connectivity index (χ0) is 22.6. The molecule has 1 amide bonds. The standard InChI is InChI=1S/C21H21FN2O6S2/c1-12-3-6-18(32(26,27)28-2)14(9-12)17-11-24(21(25)30-17)13-4-5-16(15(22)10-13)23-7-8-29-20-19(23)31-20/h3-6,9-10,17,19-20H,7-8,11H2,1-2H3/t17?,19?,20-/m1/s1. The predicted octanol–water partition coefficient (Wildman–Crippen LogP) is 3.40. The van der Waals surface area contributed by atoms with Crippen LogP contribution in [0.2, 0.25) is 0 Å². The van der Waals surface area contributed by atoms with E-state index < -0.39 is 28.1 Å². The second kappa shape index (κ2) is 7.91. The monoisotopic (exact) mass is 480 g/mol. The van der Waals surface area contributed by atoms with Crippen LogP contribution in [-0.2, 0) is 23.8 Å². The van der Waals surface area contributed by atoms with E-state index in [1.54, 1.807) is 36.0 Å². The molecule has 3 saturated heterocycles. The maximum absolute atomic E-state index is 15.0. The molecule has 0 radical (unpaired) electrons. The van der Waals surface area contributed by atoms with Crippen molar-refractivity contribution >= 4 is 39.3 Å². The number of hydrogen-bond donors (Lipinski definition) is 0. The van der Waals surface area contributed by atoms with E-state index in [1.807, 2.05) is 11.8 Å². The number of benzene rings is 2. The van der Waals surface area contributed by atoms with Crippen LogP contribution in [0, 0.1) is 12.7 Å². The number of morpholine rings is 1. The first-order valence-corrected chi connectivity index (χ1v) is 12.4. The van der Waals surface area contributed by atoms with E-state index in [1.165, 1.54) is 17.0 Å². The summed E-state index contributed by atoms with van der Waals surface area (Å²) in [5, 5.41) is 0.118. The molecule has 3 aliphatic rings. The Hall–Kier alpha value is -2.34. The summed E-state index contributed by atoms with van der Waals surface area (Å²) in [5.41, 5.74) is 2.03. The second-order valence-electron chi connectivity index (χ2n) is 7.74. The van der Waals surface area contributed by atoms with Gasteiger partial charge in [0, 0.05) is 12.1 Å². The minimum atomic E-state index is -4.00. The predicted molar refractivity (Wildman–Crippen MR) is 117 cm³/mol. The number of thioether (sulfide) groups is 1. The second-order valence-corrected chi connectivity index (χ2v) is 10.6. The zero-order valence-corrected chi connectivity index (χ0v) is 19.0. The van der Waals surface area contributed by atoms with Gasteiger partial charge in [-0.25, -0.2) is 9.18 Å². The third-order valence-electron chi connectivity index (χ3n) is 5.72. The first-order chi connectivity index (χ1) is 15.3. The molecule has 0 spiro atoms. The molecule has 3 atom stereocenters. The Bertz CT molecular complexity index is 1190. The Morgan fingerprint density at radius 2 is 2.03 bits per heavy atom. The van der Waals surface area contributed by atoms with Gasteiger partial charge >= 0.3 is 6.09 Å². The van der Waals surface area contributed by atoms with Crippen LogP contribution >= 0.6 is 11.8 Å². The summed E-state index contributed by atoms with van der Waals surface area (Å²) in [7, 11) is -2.92. The minimum absolute atomic E-state index is 0.0470. The smallest absolute Gasteiger partial charge is 0.415 e. The van der Waals surface area contributed by atoms with E-state index in [-0.39, 0.29) is 22.3 Å². The van der Waals surface area contributed by atoms with Crippen molar-refractivity contribution in [3.63, 3.8) is 0 Å². The molecule has 11 heteroatoms. The molecule has 8 nitrogen and oxygen atoms in total. The number of hydrogen-bond acceptors (Lipinski definition) is 8. The molecule has 170 valence electrons. The Kier molecular flexibility index (Phi) is 5.31. The van der Waals surface area contributed by atoms with Gasteiger partial charge in [0.1, 0.15) is 27.6 Å². The first kappa shape index (κ1) is 21.5. The third kappa shape index (κ3) is 3.72. The van der Waals surface area contributed by atoms with Gasteiger partial charge in [0.05, 0.1) is 31.6 Å². The Balaban J connectivity index is 1.41. The summed E-state index contributed by atoms with van der Waals surface area (Å²) in [6.07, 6.45) is -1.51. The lowest BCUT2D eigenvalue weighted by molar-refractivity contribution is 0.114. The van der Waals surface area contributed by atoms with Crippen LogP contribution in [-0.4, -0.2) is 52.1 Å². The molecule has 0 aliphatic carbocycles. The molecule has 3 fully saturated rings. The molecule has 2 aromatic carbocycles. The summed E-state index contributed by atoms with van der Waals surface area (Å²) >= 11 is 1.64. The fourth-order valence-corrected chi connectivity index (χ4v) is 5.90. The highest BCUT2D eigenvalue weighted by Gasteiger charge is 2.48. The summed E-state index contributed by atoms with van der Waals surface area (Å²) in [5.74, 6) is -0.440. The van der Waals surface area contributed by atoms with Crippen molar-refractivity contribution in [2.45, 2.75) is 28.7 Å². The average molecular weight is 481 g/mol.